The maximum Gasteiger partial charge on any atom is 0.0423 e. The van der Waals surface area contributed by atoms with Gasteiger partial charge >= 0.3 is 0 Å². The minimum Gasteiger partial charge on any atom is -0.381 e. The Balaban J connectivity index is 2.39. The minimum absolute atomic E-state index is 0.517. The minimum atomic E-state index is 0.517. The van der Waals surface area contributed by atoms with E-state index in [9.17, 15) is 0 Å². The van der Waals surface area contributed by atoms with E-state index in [1.165, 1.54) is 33.2 Å². The highest BCUT2D eigenvalue weighted by atomic mass is 15.0. The van der Waals surface area contributed by atoms with E-state index in [0.717, 1.165) is 0 Å². The standard InChI is InChI=1S/C20H27N/c1-11(2)12(3)18-14(5)16-9-7-8-10-17(16)19-13(4)15(6)21-20(18)19/h7-13,15,21H,1-6H3/t12-,13-,15+/m1/s1. The Morgan fingerprint density at radius 3 is 2.24 bits per heavy atom. The summed E-state index contributed by atoms with van der Waals surface area (Å²) >= 11 is 0. The lowest BCUT2D eigenvalue weighted by Gasteiger charge is -2.24. The molecule has 21 heavy (non-hydrogen) atoms. The molecule has 0 bridgehead atoms. The molecule has 1 nitrogen and oxygen atoms in total. The van der Waals surface area contributed by atoms with Crippen LogP contribution in [0, 0.1) is 12.8 Å². The van der Waals surface area contributed by atoms with Crippen molar-refractivity contribution in [3.8, 4) is 0 Å². The van der Waals surface area contributed by atoms with Crippen molar-refractivity contribution < 1.29 is 0 Å². The zero-order valence-electron chi connectivity index (χ0n) is 14.1. The van der Waals surface area contributed by atoms with Gasteiger partial charge in [-0.15, -0.1) is 0 Å². The average Bonchev–Trinajstić information content (AvgIpc) is 2.74. The van der Waals surface area contributed by atoms with Crippen LogP contribution in [0.1, 0.15) is 63.1 Å². The summed E-state index contributed by atoms with van der Waals surface area (Å²) in [6, 6.07) is 9.44. The Morgan fingerprint density at radius 1 is 1.00 bits per heavy atom. The van der Waals surface area contributed by atoms with E-state index >= 15 is 0 Å². The summed E-state index contributed by atoms with van der Waals surface area (Å²) < 4.78 is 0. The van der Waals surface area contributed by atoms with Gasteiger partial charge in [0.05, 0.1) is 0 Å². The summed E-state index contributed by atoms with van der Waals surface area (Å²) in [7, 11) is 0. The number of hydrogen-bond acceptors (Lipinski definition) is 1. The van der Waals surface area contributed by atoms with Crippen molar-refractivity contribution in [3.05, 3.63) is 41.0 Å². The normalized spacial score (nSPS) is 22.4. The Bertz CT molecular complexity index is 684. The second-order valence-electron chi connectivity index (χ2n) is 7.13. The molecule has 0 fully saturated rings. The van der Waals surface area contributed by atoms with Crippen molar-refractivity contribution in [2.45, 2.75) is 59.4 Å². The molecular weight excluding hydrogens is 254 g/mol. The zero-order valence-corrected chi connectivity index (χ0v) is 14.1. The lowest BCUT2D eigenvalue weighted by atomic mass is 9.81. The number of anilines is 1. The predicted octanol–water partition coefficient (Wildman–Crippen LogP) is 5.83. The molecule has 0 unspecified atom stereocenters. The van der Waals surface area contributed by atoms with Crippen LogP contribution in [0.4, 0.5) is 5.69 Å². The van der Waals surface area contributed by atoms with Crippen LogP contribution in [0.2, 0.25) is 0 Å². The summed E-state index contributed by atoms with van der Waals surface area (Å²) in [5, 5.41) is 6.66. The van der Waals surface area contributed by atoms with Crippen LogP contribution in [0.3, 0.4) is 0 Å². The maximum atomic E-state index is 3.78. The molecule has 112 valence electrons. The van der Waals surface area contributed by atoms with Gasteiger partial charge in [0.1, 0.15) is 0 Å². The van der Waals surface area contributed by atoms with Crippen molar-refractivity contribution in [1.82, 2.24) is 0 Å². The van der Waals surface area contributed by atoms with Crippen LogP contribution in [0.15, 0.2) is 24.3 Å². The lowest BCUT2D eigenvalue weighted by Crippen LogP contribution is -2.14. The Labute approximate surface area is 128 Å². The van der Waals surface area contributed by atoms with Gasteiger partial charge in [-0.3, -0.25) is 0 Å². The van der Waals surface area contributed by atoms with Crippen LogP contribution in [-0.4, -0.2) is 6.04 Å². The molecule has 0 aromatic heterocycles. The highest BCUT2D eigenvalue weighted by Crippen LogP contribution is 2.48. The topological polar surface area (TPSA) is 12.0 Å². The highest BCUT2D eigenvalue weighted by molar-refractivity contribution is 5.96. The van der Waals surface area contributed by atoms with Gasteiger partial charge in [-0.05, 0) is 53.1 Å². The molecule has 0 spiro atoms. The van der Waals surface area contributed by atoms with Crippen molar-refractivity contribution >= 4 is 16.5 Å². The number of rotatable bonds is 2. The summed E-state index contributed by atoms with van der Waals surface area (Å²) in [4.78, 5) is 0. The smallest absolute Gasteiger partial charge is 0.0423 e. The summed E-state index contributed by atoms with van der Waals surface area (Å²) in [5.41, 5.74) is 5.95. The summed E-state index contributed by atoms with van der Waals surface area (Å²) in [6.45, 7) is 14.0. The molecule has 1 aliphatic heterocycles. The molecule has 0 saturated heterocycles. The highest BCUT2D eigenvalue weighted by Gasteiger charge is 2.32. The van der Waals surface area contributed by atoms with E-state index in [0.29, 0.717) is 23.8 Å². The van der Waals surface area contributed by atoms with Crippen LogP contribution >= 0.6 is 0 Å². The molecule has 1 heteroatoms. The fourth-order valence-corrected chi connectivity index (χ4v) is 3.79. The van der Waals surface area contributed by atoms with E-state index < -0.39 is 0 Å². The SMILES string of the molecule is Cc1c([C@H](C)C(C)C)c2c(c3ccccc13)[C@H](C)[C@H](C)N2. The molecule has 0 radical (unpaired) electrons. The van der Waals surface area contributed by atoms with E-state index in [2.05, 4.69) is 71.1 Å². The van der Waals surface area contributed by atoms with Crippen LogP contribution in [0.5, 0.6) is 0 Å². The third-order valence-electron chi connectivity index (χ3n) is 5.60. The van der Waals surface area contributed by atoms with Gasteiger partial charge in [-0.1, -0.05) is 52.0 Å². The first-order valence-corrected chi connectivity index (χ1v) is 8.25. The Hall–Kier alpha value is -1.50. The first-order chi connectivity index (χ1) is 9.93. The van der Waals surface area contributed by atoms with Crippen molar-refractivity contribution in [1.29, 1.82) is 0 Å². The molecule has 0 aliphatic carbocycles. The largest absolute Gasteiger partial charge is 0.381 e. The summed E-state index contributed by atoms with van der Waals surface area (Å²) in [6.07, 6.45) is 0. The van der Waals surface area contributed by atoms with Gasteiger partial charge < -0.3 is 5.32 Å². The first kappa shape index (κ1) is 14.4. The van der Waals surface area contributed by atoms with E-state index in [4.69, 9.17) is 0 Å². The van der Waals surface area contributed by atoms with Gasteiger partial charge in [0, 0.05) is 17.6 Å². The molecule has 2 aromatic rings. The van der Waals surface area contributed by atoms with Crippen LogP contribution < -0.4 is 5.32 Å². The number of aryl methyl sites for hydroxylation is 1. The molecule has 1 heterocycles. The molecule has 3 rings (SSSR count). The third kappa shape index (κ3) is 2.06. The summed E-state index contributed by atoms with van der Waals surface area (Å²) in [5.74, 6) is 1.80. The van der Waals surface area contributed by atoms with Crippen LogP contribution in [-0.2, 0) is 0 Å². The number of fused-ring (bicyclic) bond motifs is 3. The second kappa shape index (κ2) is 5.05. The fraction of sp³-hybridized carbons (Fsp3) is 0.500. The number of benzene rings is 2. The Morgan fingerprint density at radius 2 is 1.62 bits per heavy atom. The maximum absolute atomic E-state index is 3.78. The molecule has 0 saturated carbocycles. The zero-order chi connectivity index (χ0) is 15.3. The monoisotopic (exact) mass is 281 g/mol. The van der Waals surface area contributed by atoms with Crippen molar-refractivity contribution in [2.24, 2.45) is 5.92 Å². The molecule has 1 N–H and O–H groups in total. The third-order valence-corrected chi connectivity index (χ3v) is 5.60. The lowest BCUT2D eigenvalue weighted by molar-refractivity contribution is 0.534. The molecule has 0 amide bonds. The van der Waals surface area contributed by atoms with Gasteiger partial charge in [0.15, 0.2) is 0 Å². The van der Waals surface area contributed by atoms with E-state index in [1.54, 1.807) is 0 Å². The van der Waals surface area contributed by atoms with E-state index in [1.807, 2.05) is 0 Å². The van der Waals surface area contributed by atoms with Crippen molar-refractivity contribution in [3.63, 3.8) is 0 Å². The Kier molecular flexibility index (Phi) is 3.47. The number of hydrogen-bond donors (Lipinski definition) is 1. The van der Waals surface area contributed by atoms with Crippen molar-refractivity contribution in [2.75, 3.05) is 5.32 Å². The van der Waals surface area contributed by atoms with Gasteiger partial charge in [-0.25, -0.2) is 0 Å². The van der Waals surface area contributed by atoms with Gasteiger partial charge in [-0.2, -0.15) is 0 Å². The van der Waals surface area contributed by atoms with E-state index in [-0.39, 0.29) is 0 Å². The molecule has 2 aromatic carbocycles. The van der Waals surface area contributed by atoms with Crippen LogP contribution in [0.25, 0.3) is 10.8 Å². The van der Waals surface area contributed by atoms with Gasteiger partial charge in [0.25, 0.3) is 0 Å². The first-order valence-electron chi connectivity index (χ1n) is 8.25. The molecule has 3 atom stereocenters. The number of nitrogens with one attached hydrogen (secondary N) is 1. The quantitative estimate of drug-likeness (QED) is 0.730. The predicted molar refractivity (Wildman–Crippen MR) is 93.4 cm³/mol. The van der Waals surface area contributed by atoms with Gasteiger partial charge in [0.2, 0.25) is 0 Å². The average molecular weight is 281 g/mol. The molecule has 1 aliphatic rings. The molecular formula is C20H27N. The second-order valence-corrected chi connectivity index (χ2v) is 7.13. The fourth-order valence-electron chi connectivity index (χ4n) is 3.79.